The van der Waals surface area contributed by atoms with Gasteiger partial charge in [-0.25, -0.2) is 0 Å². The van der Waals surface area contributed by atoms with Crippen LogP contribution in [0, 0.1) is 5.92 Å². The zero-order valence-electron chi connectivity index (χ0n) is 8.17. The Morgan fingerprint density at radius 1 is 1.58 bits per heavy atom. The molecule has 0 fully saturated rings. The molecule has 0 spiro atoms. The Kier molecular flexibility index (Phi) is 5.09. The monoisotopic (exact) mass is 166 g/mol. The van der Waals surface area contributed by atoms with Crippen molar-refractivity contribution in [2.75, 3.05) is 7.05 Å². The van der Waals surface area contributed by atoms with Gasteiger partial charge in [0.1, 0.15) is 5.84 Å². The third-order valence-corrected chi connectivity index (χ3v) is 1.52. The van der Waals surface area contributed by atoms with Crippen LogP contribution >= 0.6 is 0 Å². The summed E-state index contributed by atoms with van der Waals surface area (Å²) in [5.74, 6) is 1.21. The van der Waals surface area contributed by atoms with E-state index in [1.54, 1.807) is 13.1 Å². The first-order valence-electron chi connectivity index (χ1n) is 4.16. The van der Waals surface area contributed by atoms with Gasteiger partial charge < -0.3 is 5.73 Å². The van der Waals surface area contributed by atoms with E-state index in [2.05, 4.69) is 25.4 Å². The lowest BCUT2D eigenvalue weighted by Crippen LogP contribution is -2.15. The van der Waals surface area contributed by atoms with Crippen LogP contribution < -0.4 is 5.73 Å². The van der Waals surface area contributed by atoms with E-state index in [9.17, 15) is 0 Å². The minimum Gasteiger partial charge on any atom is -0.384 e. The van der Waals surface area contributed by atoms with Crippen molar-refractivity contribution in [3.63, 3.8) is 0 Å². The first-order valence-corrected chi connectivity index (χ1v) is 4.16. The average molecular weight is 166 g/mol. The summed E-state index contributed by atoms with van der Waals surface area (Å²) in [5.41, 5.74) is 6.76. The molecule has 0 aromatic carbocycles. The van der Waals surface area contributed by atoms with Crippen LogP contribution in [0.3, 0.4) is 0 Å². The van der Waals surface area contributed by atoms with E-state index < -0.39 is 0 Å². The van der Waals surface area contributed by atoms with E-state index >= 15 is 0 Å². The number of hydrogen-bond donors (Lipinski definition) is 1. The second kappa shape index (κ2) is 5.58. The van der Waals surface area contributed by atoms with E-state index in [1.807, 2.05) is 6.08 Å². The normalized spacial score (nSPS) is 13.7. The molecular formula is C10H18N2. The Balaban J connectivity index is 4.45. The van der Waals surface area contributed by atoms with Crippen molar-refractivity contribution in [1.29, 1.82) is 0 Å². The van der Waals surface area contributed by atoms with Crippen molar-refractivity contribution in [3.05, 3.63) is 24.3 Å². The van der Waals surface area contributed by atoms with Crippen LogP contribution in [0.25, 0.3) is 0 Å². The van der Waals surface area contributed by atoms with Crippen molar-refractivity contribution in [2.45, 2.75) is 20.3 Å². The SMILES string of the molecule is C=C/C=C(/CC(C)C)C(N)=NC. The van der Waals surface area contributed by atoms with E-state index in [4.69, 9.17) is 5.73 Å². The molecule has 0 aliphatic heterocycles. The van der Waals surface area contributed by atoms with Gasteiger partial charge in [0.25, 0.3) is 0 Å². The molecule has 0 rings (SSSR count). The number of amidine groups is 1. The molecule has 2 nitrogen and oxygen atoms in total. The molecule has 2 N–H and O–H groups in total. The lowest BCUT2D eigenvalue weighted by atomic mass is 10.0. The van der Waals surface area contributed by atoms with Crippen molar-refractivity contribution < 1.29 is 0 Å². The highest BCUT2D eigenvalue weighted by atomic mass is 14.8. The zero-order chi connectivity index (χ0) is 9.56. The number of allylic oxidation sites excluding steroid dienone is 2. The summed E-state index contributed by atoms with van der Waals surface area (Å²) in [4.78, 5) is 3.94. The first-order chi connectivity index (χ1) is 5.61. The number of nitrogens with zero attached hydrogens (tertiary/aromatic N) is 1. The lowest BCUT2D eigenvalue weighted by molar-refractivity contribution is 0.653. The van der Waals surface area contributed by atoms with Crippen LogP contribution in [0.1, 0.15) is 20.3 Å². The summed E-state index contributed by atoms with van der Waals surface area (Å²) < 4.78 is 0. The molecule has 0 unspecified atom stereocenters. The van der Waals surface area contributed by atoms with Crippen LogP contribution in [0.2, 0.25) is 0 Å². The van der Waals surface area contributed by atoms with E-state index in [0.717, 1.165) is 12.0 Å². The summed E-state index contributed by atoms with van der Waals surface area (Å²) in [7, 11) is 1.70. The smallest absolute Gasteiger partial charge is 0.121 e. The van der Waals surface area contributed by atoms with Gasteiger partial charge in [-0.2, -0.15) is 0 Å². The van der Waals surface area contributed by atoms with Crippen molar-refractivity contribution in [3.8, 4) is 0 Å². The molecule has 0 aliphatic rings. The molecule has 0 saturated carbocycles. The highest BCUT2D eigenvalue weighted by Crippen LogP contribution is 2.10. The van der Waals surface area contributed by atoms with Gasteiger partial charge in [-0.1, -0.05) is 32.6 Å². The quantitative estimate of drug-likeness (QED) is 0.388. The molecule has 0 saturated heterocycles. The summed E-state index contributed by atoms with van der Waals surface area (Å²) >= 11 is 0. The molecule has 68 valence electrons. The number of hydrogen-bond acceptors (Lipinski definition) is 1. The van der Waals surface area contributed by atoms with Crippen LogP contribution in [0.4, 0.5) is 0 Å². The topological polar surface area (TPSA) is 38.4 Å². The number of nitrogens with two attached hydrogens (primary N) is 1. The highest BCUT2D eigenvalue weighted by molar-refractivity contribution is 5.97. The molecular weight excluding hydrogens is 148 g/mol. The Labute approximate surface area is 74.9 Å². The van der Waals surface area contributed by atoms with Gasteiger partial charge in [0.15, 0.2) is 0 Å². The fourth-order valence-electron chi connectivity index (χ4n) is 0.984. The maximum Gasteiger partial charge on any atom is 0.121 e. The second-order valence-corrected chi connectivity index (χ2v) is 3.13. The van der Waals surface area contributed by atoms with Gasteiger partial charge in [0.05, 0.1) is 0 Å². The van der Waals surface area contributed by atoms with E-state index in [1.165, 1.54) is 0 Å². The van der Waals surface area contributed by atoms with Crippen molar-refractivity contribution >= 4 is 5.84 Å². The first kappa shape index (κ1) is 11.0. The predicted molar refractivity (Wildman–Crippen MR) is 55.3 cm³/mol. The molecule has 12 heavy (non-hydrogen) atoms. The Hall–Kier alpha value is -1.05. The van der Waals surface area contributed by atoms with Gasteiger partial charge >= 0.3 is 0 Å². The maximum absolute atomic E-state index is 5.69. The predicted octanol–water partition coefficient (Wildman–Crippen LogP) is 2.13. The molecule has 0 atom stereocenters. The van der Waals surface area contributed by atoms with Crippen LogP contribution in [-0.4, -0.2) is 12.9 Å². The van der Waals surface area contributed by atoms with Crippen molar-refractivity contribution in [2.24, 2.45) is 16.6 Å². The summed E-state index contributed by atoms with van der Waals surface area (Å²) in [6.07, 6.45) is 4.62. The Bertz CT molecular complexity index is 200. The Morgan fingerprint density at radius 3 is 2.50 bits per heavy atom. The molecule has 0 bridgehead atoms. The third-order valence-electron chi connectivity index (χ3n) is 1.52. The van der Waals surface area contributed by atoms with Gasteiger partial charge in [-0.05, 0) is 17.9 Å². The molecule has 0 heterocycles. The minimum absolute atomic E-state index is 0.594. The lowest BCUT2D eigenvalue weighted by Gasteiger charge is -2.08. The summed E-state index contributed by atoms with van der Waals surface area (Å²) in [6.45, 7) is 7.94. The molecule has 0 radical (unpaired) electrons. The molecule has 2 heteroatoms. The van der Waals surface area contributed by atoms with E-state index in [-0.39, 0.29) is 0 Å². The molecule has 0 aromatic rings. The van der Waals surface area contributed by atoms with Crippen LogP contribution in [0.5, 0.6) is 0 Å². The van der Waals surface area contributed by atoms with Gasteiger partial charge in [0.2, 0.25) is 0 Å². The largest absolute Gasteiger partial charge is 0.384 e. The minimum atomic E-state index is 0.594. The number of aliphatic imine (C=N–C) groups is 1. The van der Waals surface area contributed by atoms with Gasteiger partial charge in [-0.15, -0.1) is 0 Å². The molecule has 0 amide bonds. The maximum atomic E-state index is 5.69. The Morgan fingerprint density at radius 2 is 2.17 bits per heavy atom. The standard InChI is InChI=1S/C10H18N2/c1-5-6-9(7-8(2)3)10(11)12-4/h5-6,8H,1,7H2,2-4H3,(H2,11,12)/b9-6-. The van der Waals surface area contributed by atoms with Crippen LogP contribution in [0.15, 0.2) is 29.3 Å². The van der Waals surface area contributed by atoms with Gasteiger partial charge in [0, 0.05) is 7.05 Å². The number of rotatable bonds is 4. The van der Waals surface area contributed by atoms with E-state index in [0.29, 0.717) is 11.8 Å². The van der Waals surface area contributed by atoms with Crippen molar-refractivity contribution in [1.82, 2.24) is 0 Å². The van der Waals surface area contributed by atoms with Crippen LogP contribution in [-0.2, 0) is 0 Å². The fraction of sp³-hybridized carbons (Fsp3) is 0.500. The summed E-state index contributed by atoms with van der Waals surface area (Å²) in [5, 5.41) is 0. The summed E-state index contributed by atoms with van der Waals surface area (Å²) in [6, 6.07) is 0. The highest BCUT2D eigenvalue weighted by Gasteiger charge is 2.03. The molecule has 0 aliphatic carbocycles. The van der Waals surface area contributed by atoms with Gasteiger partial charge in [-0.3, -0.25) is 4.99 Å². The zero-order valence-corrected chi connectivity index (χ0v) is 8.17. The second-order valence-electron chi connectivity index (χ2n) is 3.13. The molecule has 0 aromatic heterocycles. The average Bonchev–Trinajstić information content (AvgIpc) is 2.01. The fourth-order valence-corrected chi connectivity index (χ4v) is 0.984. The third kappa shape index (κ3) is 3.96.